The molecule has 1 heterocycles. The Balaban J connectivity index is 2.46. The van der Waals surface area contributed by atoms with Crippen molar-refractivity contribution in [1.82, 2.24) is 14.8 Å². The van der Waals surface area contributed by atoms with Crippen LogP contribution < -0.4 is 0 Å². The third-order valence-corrected chi connectivity index (χ3v) is 2.36. The molecule has 0 radical (unpaired) electrons. The zero-order chi connectivity index (χ0) is 10.4. The smallest absolute Gasteiger partial charge is 0.195 e. The summed E-state index contributed by atoms with van der Waals surface area (Å²) < 4.78 is 7.98. The van der Waals surface area contributed by atoms with Crippen molar-refractivity contribution in [3.05, 3.63) is 10.6 Å². The Bertz CT molecular complexity index is 318. The van der Waals surface area contributed by atoms with E-state index in [9.17, 15) is 0 Å². The van der Waals surface area contributed by atoms with E-state index in [0.29, 0.717) is 4.77 Å². The molecule has 1 aromatic rings. The molecule has 0 amide bonds. The molecule has 0 aliphatic heterocycles. The minimum Gasteiger partial charge on any atom is -0.382 e. The topological polar surface area (TPSA) is 42.8 Å². The van der Waals surface area contributed by atoms with Crippen LogP contribution in [0.2, 0.25) is 0 Å². The van der Waals surface area contributed by atoms with Crippen molar-refractivity contribution >= 4 is 12.2 Å². The molecule has 0 saturated heterocycles. The molecule has 14 heavy (non-hydrogen) atoms. The number of ether oxygens (including phenoxy) is 1. The first-order chi connectivity index (χ1) is 6.79. The maximum atomic E-state index is 5.26. The van der Waals surface area contributed by atoms with Gasteiger partial charge in [0.2, 0.25) is 0 Å². The minimum atomic E-state index is 0.707. The van der Waals surface area contributed by atoms with Crippen LogP contribution in [0.1, 0.15) is 26.1 Å². The average Bonchev–Trinajstić information content (AvgIpc) is 2.54. The standard InChI is InChI=1S/C9H17N3OS/c1-3-12-8(10-11-9(12)14)6-5-7-13-4-2/h3-7H2,1-2H3,(H,11,14). The van der Waals surface area contributed by atoms with Crippen molar-refractivity contribution in [2.24, 2.45) is 0 Å². The number of hydrogen-bond donors (Lipinski definition) is 1. The third-order valence-electron chi connectivity index (χ3n) is 2.05. The molecule has 1 rings (SSSR count). The van der Waals surface area contributed by atoms with Crippen molar-refractivity contribution in [2.75, 3.05) is 13.2 Å². The molecular weight excluding hydrogens is 198 g/mol. The van der Waals surface area contributed by atoms with Gasteiger partial charge in [-0.2, -0.15) is 5.10 Å². The molecular formula is C9H17N3OS. The van der Waals surface area contributed by atoms with Crippen molar-refractivity contribution < 1.29 is 4.74 Å². The molecule has 1 aromatic heterocycles. The van der Waals surface area contributed by atoms with Gasteiger partial charge in [0.1, 0.15) is 5.82 Å². The highest BCUT2D eigenvalue weighted by Gasteiger charge is 2.03. The monoisotopic (exact) mass is 215 g/mol. The first-order valence-corrected chi connectivity index (χ1v) is 5.42. The second-order valence-corrected chi connectivity index (χ2v) is 3.38. The highest BCUT2D eigenvalue weighted by Crippen LogP contribution is 2.01. The van der Waals surface area contributed by atoms with E-state index < -0.39 is 0 Å². The number of hydrogen-bond acceptors (Lipinski definition) is 3. The maximum absolute atomic E-state index is 5.26. The van der Waals surface area contributed by atoms with Crippen LogP contribution in [0.5, 0.6) is 0 Å². The van der Waals surface area contributed by atoms with Gasteiger partial charge in [0.25, 0.3) is 0 Å². The Kier molecular flexibility index (Phi) is 4.82. The summed E-state index contributed by atoms with van der Waals surface area (Å²) in [7, 11) is 0. The Morgan fingerprint density at radius 2 is 2.29 bits per heavy atom. The van der Waals surface area contributed by atoms with Crippen LogP contribution in [0.4, 0.5) is 0 Å². The molecule has 0 aliphatic rings. The molecule has 5 heteroatoms. The van der Waals surface area contributed by atoms with Gasteiger partial charge in [-0.3, -0.25) is 5.10 Å². The zero-order valence-electron chi connectivity index (χ0n) is 8.75. The van der Waals surface area contributed by atoms with Gasteiger partial charge in [0.15, 0.2) is 4.77 Å². The largest absolute Gasteiger partial charge is 0.382 e. The maximum Gasteiger partial charge on any atom is 0.195 e. The molecule has 0 unspecified atom stereocenters. The molecule has 0 fully saturated rings. The van der Waals surface area contributed by atoms with Gasteiger partial charge >= 0.3 is 0 Å². The summed E-state index contributed by atoms with van der Waals surface area (Å²) in [6.45, 7) is 6.51. The van der Waals surface area contributed by atoms with Crippen LogP contribution in [-0.4, -0.2) is 28.0 Å². The highest BCUT2D eigenvalue weighted by molar-refractivity contribution is 7.71. The Hall–Kier alpha value is -0.680. The predicted molar refractivity (Wildman–Crippen MR) is 57.9 cm³/mol. The van der Waals surface area contributed by atoms with E-state index in [1.165, 1.54) is 0 Å². The van der Waals surface area contributed by atoms with E-state index in [1.807, 2.05) is 11.5 Å². The molecule has 0 spiro atoms. The van der Waals surface area contributed by atoms with Crippen LogP contribution in [0.15, 0.2) is 0 Å². The summed E-state index contributed by atoms with van der Waals surface area (Å²) in [5.41, 5.74) is 0. The summed E-state index contributed by atoms with van der Waals surface area (Å²) in [5.74, 6) is 1.03. The van der Waals surface area contributed by atoms with Crippen LogP contribution in [-0.2, 0) is 17.7 Å². The molecule has 0 atom stereocenters. The lowest BCUT2D eigenvalue weighted by molar-refractivity contribution is 0.144. The number of nitrogens with zero attached hydrogens (tertiary/aromatic N) is 2. The van der Waals surface area contributed by atoms with Gasteiger partial charge in [-0.05, 0) is 32.5 Å². The van der Waals surface area contributed by atoms with Gasteiger partial charge in [0, 0.05) is 26.2 Å². The second-order valence-electron chi connectivity index (χ2n) is 2.99. The number of aryl methyl sites for hydroxylation is 1. The summed E-state index contributed by atoms with van der Waals surface area (Å²) in [6, 6.07) is 0. The summed E-state index contributed by atoms with van der Waals surface area (Å²) in [6.07, 6.45) is 1.91. The van der Waals surface area contributed by atoms with E-state index in [2.05, 4.69) is 17.1 Å². The number of H-pyrrole nitrogens is 1. The van der Waals surface area contributed by atoms with Gasteiger partial charge in [-0.15, -0.1) is 0 Å². The SMILES string of the molecule is CCOCCCc1n[nH]c(=S)n1CC. The highest BCUT2D eigenvalue weighted by atomic mass is 32.1. The first kappa shape index (κ1) is 11.4. The predicted octanol–water partition coefficient (Wildman–Crippen LogP) is 1.93. The van der Waals surface area contributed by atoms with Gasteiger partial charge in [0.05, 0.1) is 0 Å². The lowest BCUT2D eigenvalue weighted by Crippen LogP contribution is -2.04. The van der Waals surface area contributed by atoms with Gasteiger partial charge in [-0.25, -0.2) is 0 Å². The van der Waals surface area contributed by atoms with Crippen molar-refractivity contribution in [3.63, 3.8) is 0 Å². The van der Waals surface area contributed by atoms with E-state index in [0.717, 1.165) is 38.4 Å². The summed E-state index contributed by atoms with van der Waals surface area (Å²) >= 11 is 5.09. The Morgan fingerprint density at radius 1 is 1.50 bits per heavy atom. The van der Waals surface area contributed by atoms with Crippen LogP contribution in [0, 0.1) is 4.77 Å². The fraction of sp³-hybridized carbons (Fsp3) is 0.778. The molecule has 0 aliphatic carbocycles. The molecule has 0 aromatic carbocycles. The molecule has 80 valence electrons. The lowest BCUT2D eigenvalue weighted by Gasteiger charge is -2.03. The van der Waals surface area contributed by atoms with Crippen LogP contribution >= 0.6 is 12.2 Å². The quantitative estimate of drug-likeness (QED) is 0.582. The summed E-state index contributed by atoms with van der Waals surface area (Å²) in [5, 5.41) is 6.98. The average molecular weight is 215 g/mol. The molecule has 0 saturated carbocycles. The van der Waals surface area contributed by atoms with E-state index >= 15 is 0 Å². The second kappa shape index (κ2) is 5.93. The fourth-order valence-corrected chi connectivity index (χ4v) is 1.62. The lowest BCUT2D eigenvalue weighted by atomic mass is 10.3. The number of aromatic nitrogens is 3. The zero-order valence-corrected chi connectivity index (χ0v) is 9.56. The van der Waals surface area contributed by atoms with E-state index in [1.54, 1.807) is 0 Å². The normalized spacial score (nSPS) is 10.7. The number of nitrogens with one attached hydrogen (secondary N) is 1. The Morgan fingerprint density at radius 3 is 2.93 bits per heavy atom. The van der Waals surface area contributed by atoms with Crippen molar-refractivity contribution in [2.45, 2.75) is 33.2 Å². The van der Waals surface area contributed by atoms with Crippen LogP contribution in [0.3, 0.4) is 0 Å². The van der Waals surface area contributed by atoms with Crippen molar-refractivity contribution in [3.8, 4) is 0 Å². The van der Waals surface area contributed by atoms with Gasteiger partial charge < -0.3 is 9.30 Å². The number of aromatic amines is 1. The fourth-order valence-electron chi connectivity index (χ4n) is 1.34. The molecule has 0 bridgehead atoms. The van der Waals surface area contributed by atoms with Crippen LogP contribution in [0.25, 0.3) is 0 Å². The Labute approximate surface area is 89.3 Å². The minimum absolute atomic E-state index is 0.707. The van der Waals surface area contributed by atoms with Gasteiger partial charge in [-0.1, -0.05) is 0 Å². The summed E-state index contributed by atoms with van der Waals surface area (Å²) in [4.78, 5) is 0. The molecule has 1 N–H and O–H groups in total. The molecule has 4 nitrogen and oxygen atoms in total. The van der Waals surface area contributed by atoms with E-state index in [4.69, 9.17) is 17.0 Å². The van der Waals surface area contributed by atoms with E-state index in [-0.39, 0.29) is 0 Å². The third kappa shape index (κ3) is 2.92. The first-order valence-electron chi connectivity index (χ1n) is 5.01. The van der Waals surface area contributed by atoms with Crippen molar-refractivity contribution in [1.29, 1.82) is 0 Å². The number of rotatable bonds is 6.